The maximum Gasteiger partial charge on any atom is 0.334 e. The number of hydrogen-bond donors (Lipinski definition) is 2. The molecule has 1 heterocycles. The Kier molecular flexibility index (Phi) is 3.04. The van der Waals surface area contributed by atoms with Gasteiger partial charge in [0.15, 0.2) is 0 Å². The fraction of sp³-hybridized carbons (Fsp3) is 0.667. The third-order valence-electron chi connectivity index (χ3n) is 5.39. The van der Waals surface area contributed by atoms with E-state index in [0.717, 1.165) is 24.0 Å². The molecule has 0 radical (unpaired) electrons. The van der Waals surface area contributed by atoms with E-state index in [1.165, 1.54) is 0 Å². The van der Waals surface area contributed by atoms with Crippen LogP contribution in [0.25, 0.3) is 0 Å². The second-order valence-corrected chi connectivity index (χ2v) is 6.36. The number of rotatable bonds is 1. The van der Waals surface area contributed by atoms with Gasteiger partial charge in [-0.25, -0.2) is 9.68 Å². The first-order valence-corrected chi connectivity index (χ1v) is 6.99. The first-order valence-electron chi connectivity index (χ1n) is 6.99. The largest absolute Gasteiger partial charge is 0.454 e. The number of esters is 1. The van der Waals surface area contributed by atoms with E-state index < -0.39 is 17.6 Å². The van der Waals surface area contributed by atoms with Crippen LogP contribution in [0.5, 0.6) is 0 Å². The second-order valence-electron chi connectivity index (χ2n) is 6.36. The number of aliphatic hydroxyl groups is 1. The summed E-state index contributed by atoms with van der Waals surface area (Å²) in [5.41, 5.74) is 1.85. The Morgan fingerprint density at radius 1 is 1.50 bits per heavy atom. The lowest BCUT2D eigenvalue weighted by Crippen LogP contribution is -2.50. The number of hydrogen-bond acceptors (Lipinski definition) is 5. The Bertz CT molecular complexity index is 508. The van der Waals surface area contributed by atoms with Crippen molar-refractivity contribution in [3.63, 3.8) is 0 Å². The van der Waals surface area contributed by atoms with Crippen LogP contribution >= 0.6 is 0 Å². The Labute approximate surface area is 117 Å². The molecule has 5 heteroatoms. The van der Waals surface area contributed by atoms with E-state index >= 15 is 0 Å². The van der Waals surface area contributed by atoms with Gasteiger partial charge in [-0.15, -0.1) is 0 Å². The SMILES string of the molecule is C=C1C(=O)O[C@@H]2C3=C(C)[C@H](OO)C[C@@H](O)[C@]3(C)CC[C@@H]12. The van der Waals surface area contributed by atoms with Gasteiger partial charge in [0.05, 0.1) is 6.10 Å². The van der Waals surface area contributed by atoms with Crippen LogP contribution in [0.4, 0.5) is 0 Å². The van der Waals surface area contributed by atoms with Gasteiger partial charge in [0.2, 0.25) is 0 Å². The Balaban J connectivity index is 2.10. The highest BCUT2D eigenvalue weighted by atomic mass is 17.1. The van der Waals surface area contributed by atoms with Crippen LogP contribution in [0, 0.1) is 11.3 Å². The molecule has 3 rings (SSSR count). The zero-order chi connectivity index (χ0) is 14.7. The molecule has 1 aliphatic heterocycles. The van der Waals surface area contributed by atoms with Gasteiger partial charge in [-0.2, -0.15) is 0 Å². The van der Waals surface area contributed by atoms with Crippen LogP contribution in [-0.4, -0.2) is 34.6 Å². The summed E-state index contributed by atoms with van der Waals surface area (Å²) in [5, 5.41) is 19.5. The van der Waals surface area contributed by atoms with Crippen molar-refractivity contribution >= 4 is 5.97 Å². The summed E-state index contributed by atoms with van der Waals surface area (Å²) >= 11 is 0. The maximum absolute atomic E-state index is 11.8. The van der Waals surface area contributed by atoms with Crippen molar-refractivity contribution in [1.82, 2.24) is 0 Å². The Morgan fingerprint density at radius 2 is 2.20 bits per heavy atom. The average molecular weight is 280 g/mol. The number of fused-ring (bicyclic) bond motifs is 3. The van der Waals surface area contributed by atoms with Gasteiger partial charge in [0, 0.05) is 23.3 Å². The fourth-order valence-electron chi connectivity index (χ4n) is 4.06. The molecule has 0 bridgehead atoms. The molecule has 5 nitrogen and oxygen atoms in total. The van der Waals surface area contributed by atoms with Gasteiger partial charge in [0.1, 0.15) is 12.2 Å². The lowest BCUT2D eigenvalue weighted by atomic mass is 9.58. The number of ether oxygens (including phenoxy) is 1. The van der Waals surface area contributed by atoms with Gasteiger partial charge in [-0.1, -0.05) is 13.5 Å². The van der Waals surface area contributed by atoms with E-state index in [0.29, 0.717) is 12.0 Å². The fourth-order valence-corrected chi connectivity index (χ4v) is 4.06. The molecule has 20 heavy (non-hydrogen) atoms. The van der Waals surface area contributed by atoms with Crippen molar-refractivity contribution in [3.8, 4) is 0 Å². The molecule has 1 saturated heterocycles. The van der Waals surface area contributed by atoms with Crippen LogP contribution < -0.4 is 0 Å². The molecule has 5 atom stereocenters. The molecule has 0 aromatic heterocycles. The predicted octanol–water partition coefficient (Wildman–Crippen LogP) is 1.82. The zero-order valence-electron chi connectivity index (χ0n) is 11.8. The highest BCUT2D eigenvalue weighted by Crippen LogP contribution is 2.55. The van der Waals surface area contributed by atoms with Crippen LogP contribution in [0.1, 0.15) is 33.1 Å². The third-order valence-corrected chi connectivity index (χ3v) is 5.39. The van der Waals surface area contributed by atoms with E-state index in [9.17, 15) is 9.90 Å². The van der Waals surface area contributed by atoms with Crippen LogP contribution in [0.2, 0.25) is 0 Å². The van der Waals surface area contributed by atoms with Crippen molar-refractivity contribution in [3.05, 3.63) is 23.3 Å². The summed E-state index contributed by atoms with van der Waals surface area (Å²) in [6, 6.07) is 0. The molecule has 0 aromatic rings. The smallest absolute Gasteiger partial charge is 0.334 e. The minimum absolute atomic E-state index is 0.0230. The average Bonchev–Trinajstić information content (AvgIpc) is 2.69. The Morgan fingerprint density at radius 3 is 2.85 bits per heavy atom. The second kappa shape index (κ2) is 4.41. The highest BCUT2D eigenvalue weighted by molar-refractivity contribution is 5.91. The molecule has 1 saturated carbocycles. The Hall–Kier alpha value is -1.17. The molecule has 3 aliphatic rings. The normalized spacial score (nSPS) is 44.2. The van der Waals surface area contributed by atoms with E-state index in [1.807, 2.05) is 13.8 Å². The summed E-state index contributed by atoms with van der Waals surface area (Å²) in [7, 11) is 0. The highest BCUT2D eigenvalue weighted by Gasteiger charge is 2.55. The van der Waals surface area contributed by atoms with Gasteiger partial charge < -0.3 is 9.84 Å². The monoisotopic (exact) mass is 280 g/mol. The molecule has 0 aromatic carbocycles. The number of carbonyl (C=O) groups is 1. The van der Waals surface area contributed by atoms with Gasteiger partial charge in [-0.05, 0) is 30.9 Å². The predicted molar refractivity (Wildman–Crippen MR) is 70.7 cm³/mol. The minimum atomic E-state index is -0.619. The number of carbonyl (C=O) groups excluding carboxylic acids is 1. The maximum atomic E-state index is 11.8. The van der Waals surface area contributed by atoms with E-state index in [2.05, 4.69) is 11.5 Å². The summed E-state index contributed by atoms with van der Waals surface area (Å²) in [5.74, 6) is -0.378. The summed E-state index contributed by atoms with van der Waals surface area (Å²) in [6.07, 6.45) is 0.377. The summed E-state index contributed by atoms with van der Waals surface area (Å²) < 4.78 is 5.48. The standard InChI is InChI=1S/C15H20O5/c1-7-9-4-5-15(3)11(16)6-10(20-18)8(2)12(15)13(9)19-14(7)17/h9-11,13,16,18H,1,4-6H2,2-3H3/t9-,10+,11+,13-,15-/m0/s1. The molecule has 2 aliphatic carbocycles. The molecule has 2 fully saturated rings. The molecular formula is C15H20O5. The topological polar surface area (TPSA) is 76.0 Å². The van der Waals surface area contributed by atoms with Gasteiger partial charge in [0.25, 0.3) is 0 Å². The molecule has 110 valence electrons. The minimum Gasteiger partial charge on any atom is -0.454 e. The first kappa shape index (κ1) is 13.8. The van der Waals surface area contributed by atoms with E-state index in [-0.39, 0.29) is 18.0 Å². The van der Waals surface area contributed by atoms with E-state index in [1.54, 1.807) is 0 Å². The first-order chi connectivity index (χ1) is 9.40. The van der Waals surface area contributed by atoms with Crippen molar-refractivity contribution < 1.29 is 24.8 Å². The molecule has 0 spiro atoms. The lowest BCUT2D eigenvalue weighted by Gasteiger charge is -2.49. The van der Waals surface area contributed by atoms with Gasteiger partial charge in [-0.3, -0.25) is 5.26 Å². The van der Waals surface area contributed by atoms with Crippen molar-refractivity contribution in [2.45, 2.75) is 51.4 Å². The molecule has 0 amide bonds. The third kappa shape index (κ3) is 1.63. The molecule has 2 N–H and O–H groups in total. The molecular weight excluding hydrogens is 260 g/mol. The summed E-state index contributed by atoms with van der Waals surface area (Å²) in [6.45, 7) is 7.69. The van der Waals surface area contributed by atoms with Crippen LogP contribution in [0.3, 0.4) is 0 Å². The van der Waals surface area contributed by atoms with Crippen LogP contribution in [-0.2, 0) is 14.4 Å². The van der Waals surface area contributed by atoms with Gasteiger partial charge >= 0.3 is 5.97 Å². The molecule has 0 unspecified atom stereocenters. The zero-order valence-corrected chi connectivity index (χ0v) is 11.8. The quantitative estimate of drug-likeness (QED) is 0.252. The van der Waals surface area contributed by atoms with Crippen molar-refractivity contribution in [1.29, 1.82) is 0 Å². The van der Waals surface area contributed by atoms with Crippen LogP contribution in [0.15, 0.2) is 23.3 Å². The lowest BCUT2D eigenvalue weighted by molar-refractivity contribution is -0.278. The number of aliphatic hydroxyl groups excluding tert-OH is 1. The van der Waals surface area contributed by atoms with Crippen molar-refractivity contribution in [2.75, 3.05) is 0 Å². The summed E-state index contributed by atoms with van der Waals surface area (Å²) in [4.78, 5) is 16.3. The van der Waals surface area contributed by atoms with Crippen molar-refractivity contribution in [2.24, 2.45) is 11.3 Å². The van der Waals surface area contributed by atoms with E-state index in [4.69, 9.17) is 9.99 Å².